The summed E-state index contributed by atoms with van der Waals surface area (Å²) in [5, 5.41) is 11.6. The summed E-state index contributed by atoms with van der Waals surface area (Å²) in [6.45, 7) is 0. The lowest BCUT2D eigenvalue weighted by molar-refractivity contribution is 0.102. The Morgan fingerprint density at radius 3 is 2.57 bits per heavy atom. The number of hydrogen-bond donors (Lipinski definition) is 2. The zero-order chi connectivity index (χ0) is 15.4. The summed E-state index contributed by atoms with van der Waals surface area (Å²) >= 11 is 0. The van der Waals surface area contributed by atoms with E-state index in [1.807, 2.05) is 0 Å². The maximum absolute atomic E-state index is 13.3. The number of nitrogens with one attached hydrogen (secondary N) is 1. The summed E-state index contributed by atoms with van der Waals surface area (Å²) in [4.78, 5) is 12.2. The Labute approximate surface area is 120 Å². The number of carbonyl (C=O) groups is 1. The summed E-state index contributed by atoms with van der Waals surface area (Å²) in [5.74, 6) is -1.06. The van der Waals surface area contributed by atoms with Crippen molar-refractivity contribution in [2.45, 2.75) is 0 Å². The lowest BCUT2D eigenvalue weighted by atomic mass is 10.1. The molecule has 0 bridgehead atoms. The number of methoxy groups -OCH3 is 2. The third-order valence-corrected chi connectivity index (χ3v) is 2.85. The van der Waals surface area contributed by atoms with E-state index in [1.165, 1.54) is 20.3 Å². The second kappa shape index (κ2) is 6.13. The quantitative estimate of drug-likeness (QED) is 0.850. The third kappa shape index (κ3) is 3.05. The minimum Gasteiger partial charge on any atom is -0.505 e. The van der Waals surface area contributed by atoms with Gasteiger partial charge < -0.3 is 19.9 Å². The molecule has 0 unspecified atom stereocenters. The molecule has 0 saturated heterocycles. The first-order valence-electron chi connectivity index (χ1n) is 6.07. The number of phenols is 1. The molecule has 0 saturated carbocycles. The molecule has 0 atom stereocenters. The number of ether oxygens (including phenoxy) is 2. The molecule has 0 aromatic heterocycles. The largest absolute Gasteiger partial charge is 0.505 e. The van der Waals surface area contributed by atoms with Crippen LogP contribution in [0.25, 0.3) is 0 Å². The van der Waals surface area contributed by atoms with Crippen LogP contribution in [0, 0.1) is 5.82 Å². The van der Waals surface area contributed by atoms with Gasteiger partial charge in [-0.15, -0.1) is 0 Å². The van der Waals surface area contributed by atoms with Crippen molar-refractivity contribution >= 4 is 11.6 Å². The van der Waals surface area contributed by atoms with Crippen molar-refractivity contribution in [2.24, 2.45) is 0 Å². The molecule has 0 aliphatic carbocycles. The summed E-state index contributed by atoms with van der Waals surface area (Å²) in [7, 11) is 2.89. The fraction of sp³-hybridized carbons (Fsp3) is 0.133. The lowest BCUT2D eigenvalue weighted by Crippen LogP contribution is -2.13. The first-order valence-corrected chi connectivity index (χ1v) is 6.07. The van der Waals surface area contributed by atoms with Crippen LogP contribution in [-0.4, -0.2) is 25.2 Å². The van der Waals surface area contributed by atoms with Crippen molar-refractivity contribution in [1.29, 1.82) is 0 Å². The number of halogens is 1. The zero-order valence-electron chi connectivity index (χ0n) is 11.5. The van der Waals surface area contributed by atoms with E-state index >= 15 is 0 Å². The molecule has 2 aromatic carbocycles. The SMILES string of the molecule is COc1cccc(C(=O)Nc2ccc(O)c(F)c2)c1OC. The van der Waals surface area contributed by atoms with Gasteiger partial charge in [0, 0.05) is 11.8 Å². The molecule has 1 amide bonds. The molecule has 2 aromatic rings. The number of phenolic OH excluding ortho intramolecular Hbond substituents is 1. The van der Waals surface area contributed by atoms with E-state index in [2.05, 4.69) is 5.32 Å². The number of para-hydroxylation sites is 1. The molecule has 0 fully saturated rings. The van der Waals surface area contributed by atoms with Gasteiger partial charge in [-0.3, -0.25) is 4.79 Å². The Morgan fingerprint density at radius 1 is 1.19 bits per heavy atom. The number of hydrogen-bond acceptors (Lipinski definition) is 4. The van der Waals surface area contributed by atoms with E-state index in [1.54, 1.807) is 18.2 Å². The third-order valence-electron chi connectivity index (χ3n) is 2.85. The van der Waals surface area contributed by atoms with E-state index in [4.69, 9.17) is 14.6 Å². The molecule has 5 nitrogen and oxygen atoms in total. The van der Waals surface area contributed by atoms with Crippen LogP contribution in [0.1, 0.15) is 10.4 Å². The maximum Gasteiger partial charge on any atom is 0.259 e. The van der Waals surface area contributed by atoms with Crippen LogP contribution < -0.4 is 14.8 Å². The van der Waals surface area contributed by atoms with Crippen LogP contribution >= 0.6 is 0 Å². The Morgan fingerprint density at radius 2 is 1.95 bits per heavy atom. The predicted molar refractivity (Wildman–Crippen MR) is 75.6 cm³/mol. The van der Waals surface area contributed by atoms with Crippen molar-refractivity contribution in [2.75, 3.05) is 19.5 Å². The highest BCUT2D eigenvalue weighted by molar-refractivity contribution is 6.06. The van der Waals surface area contributed by atoms with Gasteiger partial charge in [0.1, 0.15) is 0 Å². The molecular formula is C15H14FNO4. The predicted octanol–water partition coefficient (Wildman–Crippen LogP) is 2.80. The topological polar surface area (TPSA) is 67.8 Å². The van der Waals surface area contributed by atoms with E-state index in [-0.39, 0.29) is 17.0 Å². The summed E-state index contributed by atoms with van der Waals surface area (Å²) in [6, 6.07) is 8.45. The molecule has 0 aliphatic rings. The van der Waals surface area contributed by atoms with Crippen molar-refractivity contribution in [3.63, 3.8) is 0 Å². The summed E-state index contributed by atoms with van der Waals surface area (Å²) < 4.78 is 23.5. The highest BCUT2D eigenvalue weighted by Crippen LogP contribution is 2.31. The molecule has 0 spiro atoms. The normalized spacial score (nSPS) is 10.0. The molecular weight excluding hydrogens is 277 g/mol. The Kier molecular flexibility index (Phi) is 4.27. The van der Waals surface area contributed by atoms with Crippen molar-refractivity contribution in [1.82, 2.24) is 0 Å². The van der Waals surface area contributed by atoms with Crippen LogP contribution in [-0.2, 0) is 0 Å². The Bertz CT molecular complexity index is 673. The number of benzene rings is 2. The monoisotopic (exact) mass is 291 g/mol. The van der Waals surface area contributed by atoms with Gasteiger partial charge in [-0.05, 0) is 24.3 Å². The van der Waals surface area contributed by atoms with Crippen molar-refractivity contribution < 1.29 is 23.8 Å². The summed E-state index contributed by atoms with van der Waals surface area (Å²) in [6.07, 6.45) is 0. The van der Waals surface area contributed by atoms with E-state index < -0.39 is 17.5 Å². The molecule has 110 valence electrons. The highest BCUT2D eigenvalue weighted by Gasteiger charge is 2.16. The minimum absolute atomic E-state index is 0.222. The average Bonchev–Trinajstić information content (AvgIpc) is 2.49. The van der Waals surface area contributed by atoms with Gasteiger partial charge in [-0.25, -0.2) is 4.39 Å². The molecule has 21 heavy (non-hydrogen) atoms. The molecule has 2 N–H and O–H groups in total. The first-order chi connectivity index (χ1) is 10.1. The fourth-order valence-electron chi connectivity index (χ4n) is 1.85. The van der Waals surface area contributed by atoms with Gasteiger partial charge in [0.2, 0.25) is 0 Å². The fourth-order valence-corrected chi connectivity index (χ4v) is 1.85. The van der Waals surface area contributed by atoms with Gasteiger partial charge in [0.05, 0.1) is 19.8 Å². The Balaban J connectivity index is 2.30. The molecule has 0 aliphatic heterocycles. The zero-order valence-corrected chi connectivity index (χ0v) is 11.5. The van der Waals surface area contributed by atoms with Crippen molar-refractivity contribution in [3.05, 3.63) is 47.8 Å². The maximum atomic E-state index is 13.3. The van der Waals surface area contributed by atoms with Gasteiger partial charge in [-0.1, -0.05) is 6.07 Å². The number of anilines is 1. The van der Waals surface area contributed by atoms with Gasteiger partial charge in [-0.2, -0.15) is 0 Å². The first kappa shape index (κ1) is 14.6. The van der Waals surface area contributed by atoms with Gasteiger partial charge in [0.25, 0.3) is 5.91 Å². The van der Waals surface area contributed by atoms with Crippen LogP contribution in [0.2, 0.25) is 0 Å². The van der Waals surface area contributed by atoms with E-state index in [9.17, 15) is 9.18 Å². The van der Waals surface area contributed by atoms with E-state index in [0.717, 1.165) is 12.1 Å². The lowest BCUT2D eigenvalue weighted by Gasteiger charge is -2.12. The summed E-state index contributed by atoms with van der Waals surface area (Å²) in [5.41, 5.74) is 0.477. The van der Waals surface area contributed by atoms with Gasteiger partial charge >= 0.3 is 0 Å². The Hall–Kier alpha value is -2.76. The van der Waals surface area contributed by atoms with Crippen LogP contribution in [0.3, 0.4) is 0 Å². The highest BCUT2D eigenvalue weighted by atomic mass is 19.1. The van der Waals surface area contributed by atoms with Crippen LogP contribution in [0.4, 0.5) is 10.1 Å². The smallest absolute Gasteiger partial charge is 0.259 e. The number of amides is 1. The molecule has 0 radical (unpaired) electrons. The number of aromatic hydroxyl groups is 1. The standard InChI is InChI=1S/C15H14FNO4/c1-20-13-5-3-4-10(14(13)21-2)15(19)17-9-6-7-12(18)11(16)8-9/h3-8,18H,1-2H3,(H,17,19). The molecule has 2 rings (SSSR count). The minimum atomic E-state index is -0.814. The number of carbonyl (C=O) groups excluding carboxylic acids is 1. The second-order valence-electron chi connectivity index (χ2n) is 4.16. The molecule has 0 heterocycles. The van der Waals surface area contributed by atoms with Crippen LogP contribution in [0.5, 0.6) is 17.2 Å². The van der Waals surface area contributed by atoms with Crippen LogP contribution in [0.15, 0.2) is 36.4 Å². The second-order valence-corrected chi connectivity index (χ2v) is 4.16. The van der Waals surface area contributed by atoms with E-state index in [0.29, 0.717) is 5.75 Å². The molecule has 6 heteroatoms. The van der Waals surface area contributed by atoms with Gasteiger partial charge in [0.15, 0.2) is 23.1 Å². The van der Waals surface area contributed by atoms with Crippen molar-refractivity contribution in [3.8, 4) is 17.2 Å². The average molecular weight is 291 g/mol. The number of rotatable bonds is 4.